The second-order valence-electron chi connectivity index (χ2n) is 5.33. The number of hydrogen-bond acceptors (Lipinski definition) is 7. The molecule has 0 N–H and O–H groups in total. The summed E-state index contributed by atoms with van der Waals surface area (Å²) in [6.07, 6.45) is -0.873. The Balaban J connectivity index is 1.87. The first-order chi connectivity index (χ1) is 10.8. The van der Waals surface area contributed by atoms with E-state index in [4.69, 9.17) is 18.4 Å². The maximum Gasteiger partial charge on any atom is 0.339 e. The van der Waals surface area contributed by atoms with Crippen LogP contribution in [0.4, 0.5) is 0 Å². The summed E-state index contributed by atoms with van der Waals surface area (Å²) in [7, 11) is -4.04. The largest absolute Gasteiger partial charge is 0.449 e. The minimum atomic E-state index is -4.04. The molecule has 0 radical (unpaired) electrons. The first-order valence-electron chi connectivity index (χ1n) is 7.02. The van der Waals surface area contributed by atoms with Gasteiger partial charge in [-0.05, 0) is 25.1 Å². The third-order valence-electron chi connectivity index (χ3n) is 3.42. The molecule has 1 fully saturated rings. The molecule has 7 nitrogen and oxygen atoms in total. The number of rotatable bonds is 4. The van der Waals surface area contributed by atoms with Crippen molar-refractivity contribution in [2.75, 3.05) is 6.61 Å². The molecule has 8 heteroatoms. The highest BCUT2D eigenvalue weighted by Gasteiger charge is 2.44. The van der Waals surface area contributed by atoms with E-state index in [1.165, 1.54) is 25.1 Å². The van der Waals surface area contributed by atoms with Crippen molar-refractivity contribution in [2.45, 2.75) is 37.2 Å². The Bertz CT molecular complexity index is 736. The van der Waals surface area contributed by atoms with Crippen molar-refractivity contribution in [2.24, 2.45) is 0 Å². The summed E-state index contributed by atoms with van der Waals surface area (Å²) in [5.41, 5.74) is 0.929. The zero-order valence-electron chi connectivity index (χ0n) is 12.6. The standard InChI is InChI=1S/C15H16O7S/c1-9-3-5-12(6-4-9)23(17,18)22-13-7-11-8-19-15(21-11)14(13)20-10(2)16/h3-7,11,14-15H,8H2,1-2H3/t11-,14+,15+/m0/s1. The molecule has 2 aliphatic rings. The van der Waals surface area contributed by atoms with Gasteiger partial charge in [-0.15, -0.1) is 0 Å². The highest BCUT2D eigenvalue weighted by atomic mass is 32.2. The second-order valence-corrected chi connectivity index (χ2v) is 6.87. The van der Waals surface area contributed by atoms with Crippen molar-refractivity contribution >= 4 is 16.1 Å². The molecule has 124 valence electrons. The average Bonchev–Trinajstić information content (AvgIpc) is 2.86. The van der Waals surface area contributed by atoms with Crippen molar-refractivity contribution in [3.05, 3.63) is 41.7 Å². The predicted molar refractivity (Wildman–Crippen MR) is 77.7 cm³/mol. The minimum Gasteiger partial charge on any atom is -0.449 e. The number of hydrogen-bond donors (Lipinski definition) is 0. The molecule has 0 aliphatic carbocycles. The maximum absolute atomic E-state index is 12.4. The van der Waals surface area contributed by atoms with E-state index in [1.807, 2.05) is 6.92 Å². The number of carbonyl (C=O) groups is 1. The Morgan fingerprint density at radius 2 is 1.96 bits per heavy atom. The molecule has 23 heavy (non-hydrogen) atoms. The van der Waals surface area contributed by atoms with E-state index >= 15 is 0 Å². The lowest BCUT2D eigenvalue weighted by atomic mass is 10.2. The smallest absolute Gasteiger partial charge is 0.339 e. The van der Waals surface area contributed by atoms with E-state index in [0.29, 0.717) is 0 Å². The topological polar surface area (TPSA) is 88.1 Å². The quantitative estimate of drug-likeness (QED) is 0.602. The Labute approximate surface area is 133 Å². The van der Waals surface area contributed by atoms with E-state index < -0.39 is 34.6 Å². The fourth-order valence-electron chi connectivity index (χ4n) is 2.35. The number of fused-ring (bicyclic) bond motifs is 2. The van der Waals surface area contributed by atoms with E-state index in [0.717, 1.165) is 5.56 Å². The Morgan fingerprint density at radius 1 is 1.26 bits per heavy atom. The summed E-state index contributed by atoms with van der Waals surface area (Å²) in [6.45, 7) is 3.32. The molecule has 1 aromatic carbocycles. The van der Waals surface area contributed by atoms with Gasteiger partial charge in [-0.3, -0.25) is 4.79 Å². The van der Waals surface area contributed by atoms with Crippen LogP contribution in [0.15, 0.2) is 41.0 Å². The van der Waals surface area contributed by atoms with Crippen molar-refractivity contribution in [1.29, 1.82) is 0 Å². The lowest BCUT2D eigenvalue weighted by Crippen LogP contribution is -2.38. The number of carbonyl (C=O) groups excluding carboxylic acids is 1. The van der Waals surface area contributed by atoms with Gasteiger partial charge in [0.05, 0.1) is 6.61 Å². The van der Waals surface area contributed by atoms with Crippen LogP contribution in [0.5, 0.6) is 0 Å². The molecule has 0 saturated carbocycles. The maximum atomic E-state index is 12.4. The number of ether oxygens (including phenoxy) is 3. The van der Waals surface area contributed by atoms with Gasteiger partial charge in [0.2, 0.25) is 12.4 Å². The molecule has 3 atom stereocenters. The van der Waals surface area contributed by atoms with Gasteiger partial charge in [0.15, 0.2) is 5.76 Å². The minimum absolute atomic E-state index is 0.000440. The molecule has 3 rings (SSSR count). The summed E-state index contributed by atoms with van der Waals surface area (Å²) in [5, 5.41) is 0. The van der Waals surface area contributed by atoms with Crippen LogP contribution in [-0.2, 0) is 33.3 Å². The lowest BCUT2D eigenvalue weighted by molar-refractivity contribution is -0.174. The molecule has 0 amide bonds. The summed E-state index contributed by atoms with van der Waals surface area (Å²) >= 11 is 0. The van der Waals surface area contributed by atoms with Crippen molar-refractivity contribution in [1.82, 2.24) is 0 Å². The van der Waals surface area contributed by atoms with Crippen LogP contribution in [0, 0.1) is 6.92 Å². The van der Waals surface area contributed by atoms with E-state index in [9.17, 15) is 13.2 Å². The van der Waals surface area contributed by atoms with Crippen molar-refractivity contribution in [3.8, 4) is 0 Å². The summed E-state index contributed by atoms with van der Waals surface area (Å²) < 4.78 is 45.8. The van der Waals surface area contributed by atoms with Crippen LogP contribution in [0.2, 0.25) is 0 Å². The van der Waals surface area contributed by atoms with Crippen molar-refractivity contribution < 1.29 is 31.6 Å². The highest BCUT2D eigenvalue weighted by molar-refractivity contribution is 7.86. The molecular formula is C15H16O7S. The monoisotopic (exact) mass is 340 g/mol. The van der Waals surface area contributed by atoms with Crippen LogP contribution in [0.1, 0.15) is 12.5 Å². The fraction of sp³-hybridized carbons (Fsp3) is 0.400. The normalized spacial score (nSPS) is 26.5. The van der Waals surface area contributed by atoms with Crippen LogP contribution in [0.25, 0.3) is 0 Å². The van der Waals surface area contributed by atoms with E-state index in [1.54, 1.807) is 12.1 Å². The van der Waals surface area contributed by atoms with Crippen molar-refractivity contribution in [3.63, 3.8) is 0 Å². The van der Waals surface area contributed by atoms with E-state index in [-0.39, 0.29) is 17.3 Å². The number of esters is 1. The van der Waals surface area contributed by atoms with Crippen LogP contribution in [0.3, 0.4) is 0 Å². The Hall–Kier alpha value is -1.90. The molecule has 0 unspecified atom stereocenters. The molecule has 2 bridgehead atoms. The van der Waals surface area contributed by atoms with Crippen LogP contribution >= 0.6 is 0 Å². The van der Waals surface area contributed by atoms with Crippen LogP contribution in [-0.4, -0.2) is 39.5 Å². The molecule has 1 aromatic rings. The summed E-state index contributed by atoms with van der Waals surface area (Å²) in [5.74, 6) is -0.589. The molecular weight excluding hydrogens is 324 g/mol. The predicted octanol–water partition coefficient (Wildman–Crippen LogP) is 1.27. The van der Waals surface area contributed by atoms with Gasteiger partial charge < -0.3 is 18.4 Å². The van der Waals surface area contributed by atoms with Gasteiger partial charge >= 0.3 is 16.1 Å². The molecule has 1 saturated heterocycles. The summed E-state index contributed by atoms with van der Waals surface area (Å²) in [6, 6.07) is 6.25. The SMILES string of the molecule is CC(=O)O[C@@H]1C(OS(=O)(=O)c2ccc(C)cc2)=C[C@H]2CO[C@@H]1O2. The first-order valence-corrected chi connectivity index (χ1v) is 8.43. The first kappa shape index (κ1) is 16.0. The third kappa shape index (κ3) is 3.39. The highest BCUT2D eigenvalue weighted by Crippen LogP contribution is 2.32. The zero-order valence-corrected chi connectivity index (χ0v) is 13.4. The molecule has 0 aromatic heterocycles. The van der Waals surface area contributed by atoms with E-state index in [2.05, 4.69) is 0 Å². The number of benzene rings is 1. The van der Waals surface area contributed by atoms with Gasteiger partial charge in [-0.2, -0.15) is 8.42 Å². The molecule has 0 spiro atoms. The zero-order chi connectivity index (χ0) is 16.6. The second kappa shape index (κ2) is 5.95. The van der Waals surface area contributed by atoms with Gasteiger partial charge in [0.1, 0.15) is 11.0 Å². The lowest BCUT2D eigenvalue weighted by Gasteiger charge is -2.27. The van der Waals surface area contributed by atoms with Gasteiger partial charge in [0.25, 0.3) is 0 Å². The number of aryl methyl sites for hydroxylation is 1. The van der Waals surface area contributed by atoms with Gasteiger partial charge in [0, 0.05) is 6.92 Å². The average molecular weight is 340 g/mol. The Morgan fingerprint density at radius 3 is 2.61 bits per heavy atom. The third-order valence-corrected chi connectivity index (χ3v) is 4.68. The molecule has 2 heterocycles. The Kier molecular flexibility index (Phi) is 4.13. The summed E-state index contributed by atoms with van der Waals surface area (Å²) in [4.78, 5) is 11.3. The van der Waals surface area contributed by atoms with Crippen LogP contribution < -0.4 is 0 Å². The molecule has 2 aliphatic heterocycles. The van der Waals surface area contributed by atoms with Gasteiger partial charge in [-0.25, -0.2) is 0 Å². The van der Waals surface area contributed by atoms with Gasteiger partial charge in [-0.1, -0.05) is 17.7 Å². The fourth-order valence-corrected chi connectivity index (χ4v) is 3.32.